The molecule has 178 valence electrons. The van der Waals surface area contributed by atoms with Crippen molar-refractivity contribution in [3.8, 4) is 0 Å². The fourth-order valence-corrected chi connectivity index (χ4v) is 5.39. The zero-order valence-electron chi connectivity index (χ0n) is 19.1. The van der Waals surface area contributed by atoms with Gasteiger partial charge in [-0.2, -0.15) is 0 Å². The summed E-state index contributed by atoms with van der Waals surface area (Å²) >= 11 is 0. The summed E-state index contributed by atoms with van der Waals surface area (Å²) in [5.41, 5.74) is 2.39. The molecular formula is C26H28FN3O3S. The van der Waals surface area contributed by atoms with Gasteiger partial charge in [0.15, 0.2) is 0 Å². The quantitative estimate of drug-likeness (QED) is 0.517. The second-order valence-electron chi connectivity index (χ2n) is 8.44. The average molecular weight is 482 g/mol. The van der Waals surface area contributed by atoms with Gasteiger partial charge in [-0.15, -0.1) is 0 Å². The number of piperazine rings is 1. The number of halogens is 1. The number of anilines is 1. The second kappa shape index (κ2) is 10.4. The van der Waals surface area contributed by atoms with E-state index in [1.807, 2.05) is 25.1 Å². The van der Waals surface area contributed by atoms with Crippen LogP contribution in [0, 0.1) is 12.7 Å². The maximum atomic E-state index is 13.5. The third-order valence-electron chi connectivity index (χ3n) is 5.98. The Kier molecular flexibility index (Phi) is 7.29. The van der Waals surface area contributed by atoms with E-state index >= 15 is 0 Å². The minimum absolute atomic E-state index is 0.0860. The Hall–Kier alpha value is -3.23. The molecule has 0 spiro atoms. The summed E-state index contributed by atoms with van der Waals surface area (Å²) in [6, 6.07) is 21.8. The highest BCUT2D eigenvalue weighted by atomic mass is 32.2. The van der Waals surface area contributed by atoms with E-state index < -0.39 is 15.8 Å². The van der Waals surface area contributed by atoms with Crippen molar-refractivity contribution in [2.45, 2.75) is 18.4 Å². The summed E-state index contributed by atoms with van der Waals surface area (Å²) in [4.78, 5) is 17.2. The van der Waals surface area contributed by atoms with Gasteiger partial charge in [0.05, 0.1) is 10.6 Å². The predicted molar refractivity (Wildman–Crippen MR) is 130 cm³/mol. The van der Waals surface area contributed by atoms with Crippen LogP contribution < -0.4 is 4.31 Å². The molecule has 1 fully saturated rings. The molecule has 1 aliphatic heterocycles. The number of carbonyl (C=O) groups is 1. The first kappa shape index (κ1) is 23.9. The van der Waals surface area contributed by atoms with Crippen molar-refractivity contribution in [3.05, 3.63) is 95.8 Å². The van der Waals surface area contributed by atoms with Gasteiger partial charge < -0.3 is 4.90 Å². The van der Waals surface area contributed by atoms with E-state index in [-0.39, 0.29) is 23.0 Å². The van der Waals surface area contributed by atoms with Gasteiger partial charge in [0.2, 0.25) is 5.91 Å². The fourth-order valence-electron chi connectivity index (χ4n) is 3.98. The number of aryl methyl sites for hydroxylation is 1. The first-order valence-corrected chi connectivity index (χ1v) is 12.7. The van der Waals surface area contributed by atoms with Gasteiger partial charge in [-0.1, -0.05) is 48.0 Å². The van der Waals surface area contributed by atoms with Crippen LogP contribution in [-0.4, -0.2) is 56.8 Å². The zero-order valence-corrected chi connectivity index (χ0v) is 19.9. The number of rotatable bonds is 7. The predicted octanol–water partition coefficient (Wildman–Crippen LogP) is 3.67. The highest BCUT2D eigenvalue weighted by molar-refractivity contribution is 7.92. The minimum atomic E-state index is -4.02. The average Bonchev–Trinajstić information content (AvgIpc) is 2.84. The lowest BCUT2D eigenvalue weighted by molar-refractivity contribution is -0.131. The molecule has 0 unspecified atom stereocenters. The standard InChI is InChI=1S/C26H28FN3O3S/c1-21-7-13-25(14-8-21)34(32,33)30(24-11-9-23(27)10-12-24)20-26(31)29-17-15-28(16-18-29)19-22-5-3-2-4-6-22/h2-14H,15-20H2,1H3. The normalized spacial score (nSPS) is 14.7. The van der Waals surface area contributed by atoms with Gasteiger partial charge in [0.1, 0.15) is 12.4 Å². The van der Waals surface area contributed by atoms with Crippen LogP contribution in [0.25, 0.3) is 0 Å². The molecule has 0 aromatic heterocycles. The zero-order chi connectivity index (χ0) is 24.1. The molecule has 0 aliphatic carbocycles. The number of benzene rings is 3. The summed E-state index contributed by atoms with van der Waals surface area (Å²) in [5.74, 6) is -0.753. The van der Waals surface area contributed by atoms with E-state index in [1.54, 1.807) is 17.0 Å². The van der Waals surface area contributed by atoms with Crippen molar-refractivity contribution in [1.82, 2.24) is 9.80 Å². The monoisotopic (exact) mass is 481 g/mol. The van der Waals surface area contributed by atoms with E-state index in [9.17, 15) is 17.6 Å². The minimum Gasteiger partial charge on any atom is -0.339 e. The highest BCUT2D eigenvalue weighted by Gasteiger charge is 2.30. The molecule has 0 atom stereocenters. The van der Waals surface area contributed by atoms with E-state index in [4.69, 9.17) is 0 Å². The largest absolute Gasteiger partial charge is 0.339 e. The maximum absolute atomic E-state index is 13.5. The SMILES string of the molecule is Cc1ccc(S(=O)(=O)N(CC(=O)N2CCN(Cc3ccccc3)CC2)c2ccc(F)cc2)cc1. The second-order valence-corrected chi connectivity index (χ2v) is 10.3. The molecule has 1 amide bonds. The molecule has 8 heteroatoms. The van der Waals surface area contributed by atoms with Gasteiger partial charge in [0.25, 0.3) is 10.0 Å². The molecule has 3 aromatic rings. The molecule has 0 radical (unpaired) electrons. The lowest BCUT2D eigenvalue weighted by Gasteiger charge is -2.36. The van der Waals surface area contributed by atoms with Crippen molar-refractivity contribution < 1.29 is 17.6 Å². The molecule has 1 aliphatic rings. The van der Waals surface area contributed by atoms with Crippen LogP contribution in [-0.2, 0) is 21.4 Å². The number of carbonyl (C=O) groups excluding carboxylic acids is 1. The molecule has 6 nitrogen and oxygen atoms in total. The van der Waals surface area contributed by atoms with Gasteiger partial charge in [0, 0.05) is 32.7 Å². The number of amides is 1. The van der Waals surface area contributed by atoms with E-state index in [0.717, 1.165) is 16.4 Å². The lowest BCUT2D eigenvalue weighted by Crippen LogP contribution is -2.51. The molecule has 3 aromatic carbocycles. The molecular weight excluding hydrogens is 453 g/mol. The van der Waals surface area contributed by atoms with Gasteiger partial charge in [-0.25, -0.2) is 12.8 Å². The lowest BCUT2D eigenvalue weighted by atomic mass is 10.2. The number of hydrogen-bond donors (Lipinski definition) is 0. The summed E-state index contributed by atoms with van der Waals surface area (Å²) in [7, 11) is -4.02. The molecule has 1 saturated heterocycles. The smallest absolute Gasteiger partial charge is 0.264 e. The van der Waals surface area contributed by atoms with Crippen LogP contribution in [0.4, 0.5) is 10.1 Å². The third kappa shape index (κ3) is 5.63. The Morgan fingerprint density at radius 1 is 0.882 bits per heavy atom. The van der Waals surface area contributed by atoms with Crippen LogP contribution in [0.5, 0.6) is 0 Å². The van der Waals surface area contributed by atoms with E-state index in [0.29, 0.717) is 26.2 Å². The van der Waals surface area contributed by atoms with Gasteiger partial charge in [-0.05, 0) is 48.9 Å². The van der Waals surface area contributed by atoms with Crippen LogP contribution in [0.2, 0.25) is 0 Å². The molecule has 34 heavy (non-hydrogen) atoms. The number of sulfonamides is 1. The maximum Gasteiger partial charge on any atom is 0.264 e. The van der Waals surface area contributed by atoms with Crippen LogP contribution in [0.3, 0.4) is 0 Å². The van der Waals surface area contributed by atoms with Crippen LogP contribution in [0.15, 0.2) is 83.8 Å². The molecule has 0 bridgehead atoms. The third-order valence-corrected chi connectivity index (χ3v) is 7.76. The summed E-state index contributed by atoms with van der Waals surface area (Å²) in [6.45, 7) is 4.80. The van der Waals surface area contributed by atoms with Crippen molar-refractivity contribution in [1.29, 1.82) is 0 Å². The summed E-state index contributed by atoms with van der Waals surface area (Å²) in [5, 5.41) is 0. The van der Waals surface area contributed by atoms with Crippen molar-refractivity contribution >= 4 is 21.6 Å². The van der Waals surface area contributed by atoms with Crippen LogP contribution >= 0.6 is 0 Å². The summed E-state index contributed by atoms with van der Waals surface area (Å²) in [6.07, 6.45) is 0. The number of nitrogens with zero attached hydrogens (tertiary/aromatic N) is 3. The van der Waals surface area contributed by atoms with E-state index in [1.165, 1.54) is 42.0 Å². The van der Waals surface area contributed by atoms with Gasteiger partial charge >= 0.3 is 0 Å². The topological polar surface area (TPSA) is 60.9 Å². The number of hydrogen-bond acceptors (Lipinski definition) is 4. The highest BCUT2D eigenvalue weighted by Crippen LogP contribution is 2.25. The van der Waals surface area contributed by atoms with Crippen LogP contribution in [0.1, 0.15) is 11.1 Å². The first-order valence-electron chi connectivity index (χ1n) is 11.2. The molecule has 0 N–H and O–H groups in total. The fraction of sp³-hybridized carbons (Fsp3) is 0.269. The van der Waals surface area contributed by atoms with Crippen molar-refractivity contribution in [2.75, 3.05) is 37.0 Å². The molecule has 0 saturated carbocycles. The Balaban J connectivity index is 1.48. The Labute approximate surface area is 200 Å². The first-order chi connectivity index (χ1) is 16.3. The van der Waals surface area contributed by atoms with Crippen molar-refractivity contribution in [3.63, 3.8) is 0 Å². The Bertz CT molecular complexity index is 1210. The Morgan fingerprint density at radius 3 is 2.12 bits per heavy atom. The Morgan fingerprint density at radius 2 is 1.50 bits per heavy atom. The van der Waals surface area contributed by atoms with Gasteiger partial charge in [-0.3, -0.25) is 14.0 Å². The van der Waals surface area contributed by atoms with E-state index in [2.05, 4.69) is 17.0 Å². The summed E-state index contributed by atoms with van der Waals surface area (Å²) < 4.78 is 41.5. The molecule has 4 rings (SSSR count). The molecule has 1 heterocycles. The van der Waals surface area contributed by atoms with Crippen molar-refractivity contribution in [2.24, 2.45) is 0 Å².